The van der Waals surface area contributed by atoms with Crippen molar-refractivity contribution in [2.24, 2.45) is 0 Å². The van der Waals surface area contributed by atoms with Gasteiger partial charge in [-0.1, -0.05) is 19.6 Å². The van der Waals surface area contributed by atoms with E-state index in [1.807, 2.05) is 82.5 Å². The maximum atomic E-state index is 13.2. The second-order valence-corrected chi connectivity index (χ2v) is 23.9. The van der Waals surface area contributed by atoms with Gasteiger partial charge in [-0.05, 0) is 84.0 Å². The molecule has 0 aliphatic heterocycles. The third-order valence-corrected chi connectivity index (χ3v) is 11.3. The fourth-order valence-corrected chi connectivity index (χ4v) is 7.32. The van der Waals surface area contributed by atoms with Crippen LogP contribution in [0.25, 0.3) is 55.8 Å². The van der Waals surface area contributed by atoms with E-state index in [2.05, 4.69) is 60.4 Å². The van der Waals surface area contributed by atoms with E-state index in [-0.39, 0.29) is 22.9 Å². The van der Waals surface area contributed by atoms with E-state index in [1.165, 1.54) is 0 Å². The first-order chi connectivity index (χ1) is 29.3. The number of carbonyl (C=O) groups is 2. The van der Waals surface area contributed by atoms with Gasteiger partial charge < -0.3 is 34.4 Å². The van der Waals surface area contributed by atoms with Crippen molar-refractivity contribution in [2.75, 3.05) is 20.8 Å². The molecule has 8 aromatic rings. The summed E-state index contributed by atoms with van der Waals surface area (Å²) in [5.41, 5.74) is 4.08. The van der Waals surface area contributed by atoms with Crippen LogP contribution in [0.1, 0.15) is 62.3 Å². The van der Waals surface area contributed by atoms with Crippen LogP contribution in [0.15, 0.2) is 73.6 Å². The lowest BCUT2D eigenvalue weighted by atomic mass is 10.1. The number of aromatic nitrogens is 10. The molecule has 0 fully saturated rings. The zero-order valence-corrected chi connectivity index (χ0v) is 38.1. The average Bonchev–Trinajstić information content (AvgIpc) is 4.01. The molecule has 0 bridgehead atoms. The smallest absolute Gasteiger partial charge is 0.255 e. The number of hydrogen-bond acceptors (Lipinski definition) is 11. The van der Waals surface area contributed by atoms with Crippen molar-refractivity contribution in [1.82, 2.24) is 59.7 Å². The largest absolute Gasteiger partial charge is 0.497 e. The number of aromatic amines is 1. The van der Waals surface area contributed by atoms with Crippen molar-refractivity contribution in [2.45, 2.75) is 85.0 Å². The zero-order chi connectivity index (χ0) is 44.6. The fourth-order valence-electron chi connectivity index (χ4n) is 6.56. The summed E-state index contributed by atoms with van der Waals surface area (Å²) in [4.78, 5) is 47.3. The number of fused-ring (bicyclic) bond motifs is 4. The summed E-state index contributed by atoms with van der Waals surface area (Å²) in [7, 11) is 2.06. The van der Waals surface area contributed by atoms with Crippen molar-refractivity contribution < 1.29 is 23.8 Å². The van der Waals surface area contributed by atoms with Gasteiger partial charge in [0.1, 0.15) is 29.3 Å². The number of hydrogen-bond donors (Lipinski definition) is 3. The Balaban J connectivity index is 0.000000192. The molecule has 324 valence electrons. The highest BCUT2D eigenvalue weighted by atomic mass is 28.3. The lowest BCUT2D eigenvalue weighted by Crippen LogP contribution is -2.40. The Morgan fingerprint density at radius 1 is 0.726 bits per heavy atom. The van der Waals surface area contributed by atoms with Gasteiger partial charge in [0, 0.05) is 48.9 Å². The molecule has 2 aromatic carbocycles. The molecule has 0 saturated carbocycles. The predicted octanol–water partition coefficient (Wildman–Crippen LogP) is 7.45. The van der Waals surface area contributed by atoms with E-state index >= 15 is 0 Å². The molecule has 0 aliphatic carbocycles. The monoisotopic (exact) mass is 858 g/mol. The molecule has 0 saturated heterocycles. The van der Waals surface area contributed by atoms with Crippen LogP contribution >= 0.6 is 0 Å². The van der Waals surface area contributed by atoms with Gasteiger partial charge in [0.05, 0.1) is 61.2 Å². The van der Waals surface area contributed by atoms with E-state index in [4.69, 9.17) is 19.2 Å². The van der Waals surface area contributed by atoms with Crippen LogP contribution in [0.4, 0.5) is 0 Å². The Bertz CT molecular complexity index is 2910. The summed E-state index contributed by atoms with van der Waals surface area (Å²) < 4.78 is 21.8. The van der Waals surface area contributed by atoms with Gasteiger partial charge in [0.15, 0.2) is 22.9 Å². The van der Waals surface area contributed by atoms with Gasteiger partial charge in [-0.3, -0.25) is 9.59 Å². The molecule has 0 unspecified atom stereocenters. The summed E-state index contributed by atoms with van der Waals surface area (Å²) in [5, 5.41) is 16.7. The number of ether oxygens (including phenoxy) is 3. The molecule has 0 radical (unpaired) electrons. The molecule has 6 heterocycles. The third-order valence-electron chi connectivity index (χ3n) is 9.60. The highest BCUT2D eigenvalue weighted by Gasteiger charge is 2.24. The first kappa shape index (κ1) is 43.4. The molecule has 6 aromatic heterocycles. The van der Waals surface area contributed by atoms with Crippen LogP contribution in [0.3, 0.4) is 0 Å². The van der Waals surface area contributed by atoms with Crippen LogP contribution < -0.4 is 20.1 Å². The van der Waals surface area contributed by atoms with Crippen LogP contribution in [0, 0.1) is 0 Å². The molecule has 3 N–H and O–H groups in total. The van der Waals surface area contributed by atoms with Crippen LogP contribution in [0.5, 0.6) is 11.5 Å². The van der Waals surface area contributed by atoms with Gasteiger partial charge in [0.2, 0.25) is 0 Å². The van der Waals surface area contributed by atoms with Crippen molar-refractivity contribution in [3.63, 3.8) is 0 Å². The molecule has 18 heteroatoms. The van der Waals surface area contributed by atoms with Crippen molar-refractivity contribution in [1.29, 1.82) is 0 Å². The van der Waals surface area contributed by atoms with E-state index in [9.17, 15) is 9.59 Å². The van der Waals surface area contributed by atoms with Gasteiger partial charge in [0.25, 0.3) is 11.8 Å². The Hall–Kier alpha value is -6.66. The third kappa shape index (κ3) is 9.76. The van der Waals surface area contributed by atoms with E-state index in [0.29, 0.717) is 58.4 Å². The Morgan fingerprint density at radius 3 is 1.79 bits per heavy atom. The quantitative estimate of drug-likeness (QED) is 0.0864. The van der Waals surface area contributed by atoms with E-state index in [0.717, 1.165) is 39.3 Å². The van der Waals surface area contributed by atoms with Gasteiger partial charge in [-0.2, -0.15) is 10.2 Å². The predicted molar refractivity (Wildman–Crippen MR) is 242 cm³/mol. The molecule has 0 aliphatic rings. The van der Waals surface area contributed by atoms with Crippen LogP contribution in [-0.2, 0) is 11.5 Å². The Kier molecular flexibility index (Phi) is 11.9. The number of nitrogens with one attached hydrogen (secondary N) is 3. The number of methoxy groups -OCH3 is 2. The van der Waals surface area contributed by atoms with Crippen molar-refractivity contribution in [3.8, 4) is 23.1 Å². The maximum absolute atomic E-state index is 13.2. The number of carbonyl (C=O) groups excluding carboxylic acids is 2. The summed E-state index contributed by atoms with van der Waals surface area (Å²) in [5.74, 6) is 2.17. The number of benzene rings is 2. The molecule has 17 nitrogen and oxygen atoms in total. The first-order valence-electron chi connectivity index (χ1n) is 20.3. The van der Waals surface area contributed by atoms with Gasteiger partial charge in [-0.15, -0.1) is 0 Å². The topological polar surface area (TPSA) is 194 Å². The molecule has 62 heavy (non-hydrogen) atoms. The summed E-state index contributed by atoms with van der Waals surface area (Å²) in [6.45, 7) is 19.6. The number of rotatable bonds is 11. The second-order valence-electron chi connectivity index (χ2n) is 18.3. The number of nitrogens with zero attached hydrogens (tertiary/aromatic N) is 9. The van der Waals surface area contributed by atoms with E-state index < -0.39 is 8.07 Å². The normalized spacial score (nSPS) is 12.2. The second kappa shape index (κ2) is 17.0. The minimum Gasteiger partial charge on any atom is -0.497 e. The Labute approximate surface area is 360 Å². The van der Waals surface area contributed by atoms with Crippen molar-refractivity contribution >= 4 is 64.0 Å². The minimum absolute atomic E-state index is 0.199. The van der Waals surface area contributed by atoms with Gasteiger partial charge in [-0.25, -0.2) is 29.3 Å². The molecular weight excluding hydrogens is 805 g/mol. The highest BCUT2D eigenvalue weighted by Crippen LogP contribution is 2.26. The highest BCUT2D eigenvalue weighted by molar-refractivity contribution is 6.76. The number of amides is 2. The fraction of sp³-hybridized carbons (Fsp3) is 0.364. The minimum atomic E-state index is -1.20. The first-order valence-corrected chi connectivity index (χ1v) is 24.0. The summed E-state index contributed by atoms with van der Waals surface area (Å²) in [6.07, 6.45) is 10.2. The zero-order valence-electron chi connectivity index (χ0n) is 37.1. The summed E-state index contributed by atoms with van der Waals surface area (Å²) >= 11 is 0. The lowest BCUT2D eigenvalue weighted by molar-refractivity contribution is 0.0884. The molecular formula is C44H54N12O5Si. The molecule has 0 spiro atoms. The number of H-pyrrole nitrogens is 1. The van der Waals surface area contributed by atoms with Crippen molar-refractivity contribution in [3.05, 3.63) is 84.7 Å². The molecule has 0 atom stereocenters. The molecule has 8 rings (SSSR count). The van der Waals surface area contributed by atoms with Crippen LogP contribution in [0.2, 0.25) is 25.7 Å². The SMILES string of the molecule is COc1ccc2c(cnn2-c2cnc3[nH]cc(C(=O)NC(C)(C)C)c3n2)c1.COc1ccc2c(cnn2-c2cnc3c(n2)c(C(=O)NC(C)(C)C)cn3COCC[Si](C)(C)C)c1. The lowest BCUT2D eigenvalue weighted by Gasteiger charge is -2.20. The maximum Gasteiger partial charge on any atom is 0.255 e. The van der Waals surface area contributed by atoms with E-state index in [1.54, 1.807) is 60.8 Å². The van der Waals surface area contributed by atoms with Crippen LogP contribution in [-0.4, -0.2) is 101 Å². The van der Waals surface area contributed by atoms with Gasteiger partial charge >= 0.3 is 0 Å². The Morgan fingerprint density at radius 2 is 1.26 bits per heavy atom. The summed E-state index contributed by atoms with van der Waals surface area (Å²) in [6, 6.07) is 12.5. The molecule has 2 amide bonds. The average molecular weight is 859 g/mol. The standard InChI is InChI=1S/C25H34N6O3Si.C19H20N6O2/c1-25(2,3)29-24(32)19-15-30(16-34-10-11-35(5,6)7)23-22(19)28-21(14-26-23)31-20-9-8-18(33-4)12-17(20)13-27-31;1-19(2,3)24-18(26)13-9-20-17-16(13)23-15(10-21-17)25-14-6-5-12(27-4)7-11(14)8-22-25/h8-9,12-15H,10-11,16H2,1-7H3,(H,29,32);5-10H,1-4H3,(H,20,21)(H,24,26).